The molecule has 0 spiro atoms. The fourth-order valence-corrected chi connectivity index (χ4v) is 1.99. The zero-order valence-corrected chi connectivity index (χ0v) is 11.1. The van der Waals surface area contributed by atoms with Gasteiger partial charge in [0.2, 0.25) is 0 Å². The number of hydrogen-bond acceptors (Lipinski definition) is 0. The predicted molar refractivity (Wildman–Crippen MR) is 69.5 cm³/mol. The van der Waals surface area contributed by atoms with Gasteiger partial charge in [-0.1, -0.05) is 26.7 Å². The third-order valence-corrected chi connectivity index (χ3v) is 3.04. The first-order valence-corrected chi connectivity index (χ1v) is 6.82. The molecule has 1 aromatic heterocycles. The van der Waals surface area contributed by atoms with Crippen LogP contribution in [0.1, 0.15) is 57.6 Å². The van der Waals surface area contributed by atoms with Gasteiger partial charge in [-0.3, -0.25) is 0 Å². The lowest BCUT2D eigenvalue weighted by molar-refractivity contribution is -0.694. The lowest BCUT2D eigenvalue weighted by Gasteiger charge is -2.04. The second-order valence-electron chi connectivity index (χ2n) is 4.59. The molecule has 16 heavy (non-hydrogen) atoms. The first kappa shape index (κ1) is 13.2. The molecule has 1 heteroatoms. The van der Waals surface area contributed by atoms with Crippen molar-refractivity contribution in [3.63, 3.8) is 0 Å². The van der Waals surface area contributed by atoms with Gasteiger partial charge < -0.3 is 0 Å². The quantitative estimate of drug-likeness (QED) is 0.617. The fraction of sp³-hybridized carbons (Fsp3) is 0.667. The van der Waals surface area contributed by atoms with Crippen molar-refractivity contribution in [1.82, 2.24) is 0 Å². The highest BCUT2D eigenvalue weighted by molar-refractivity contribution is 5.15. The van der Waals surface area contributed by atoms with Gasteiger partial charge in [0.05, 0.1) is 0 Å². The number of hydrogen-bond donors (Lipinski definition) is 0. The lowest BCUT2D eigenvalue weighted by Crippen LogP contribution is -2.32. The molecule has 1 aromatic rings. The van der Waals surface area contributed by atoms with Gasteiger partial charge >= 0.3 is 0 Å². The van der Waals surface area contributed by atoms with Crippen molar-refractivity contribution in [3.8, 4) is 0 Å². The van der Waals surface area contributed by atoms with Gasteiger partial charge in [-0.05, 0) is 38.7 Å². The average Bonchev–Trinajstić information content (AvgIpc) is 2.33. The van der Waals surface area contributed by atoms with Crippen molar-refractivity contribution < 1.29 is 4.57 Å². The Morgan fingerprint density at radius 3 is 1.75 bits per heavy atom. The Labute approximate surface area is 101 Å². The van der Waals surface area contributed by atoms with Crippen LogP contribution in [-0.2, 0) is 19.4 Å². The highest BCUT2D eigenvalue weighted by Gasteiger charge is 2.05. The van der Waals surface area contributed by atoms with Gasteiger partial charge in [-0.25, -0.2) is 4.57 Å². The Morgan fingerprint density at radius 1 is 0.875 bits per heavy atom. The molecular formula is C15H26N+. The summed E-state index contributed by atoms with van der Waals surface area (Å²) in [5.74, 6) is 0. The SMILES string of the molecule is CCCCc1cc(CCCC)c[n+](CC)c1. The van der Waals surface area contributed by atoms with Crippen LogP contribution in [0.5, 0.6) is 0 Å². The molecule has 0 unspecified atom stereocenters. The van der Waals surface area contributed by atoms with E-state index in [9.17, 15) is 0 Å². The van der Waals surface area contributed by atoms with Crippen LogP contribution in [0.3, 0.4) is 0 Å². The van der Waals surface area contributed by atoms with Gasteiger partial charge in [0, 0.05) is 11.1 Å². The maximum absolute atomic E-state index is 2.40. The normalized spacial score (nSPS) is 10.7. The van der Waals surface area contributed by atoms with E-state index in [4.69, 9.17) is 0 Å². The Kier molecular flexibility index (Phi) is 6.14. The minimum Gasteiger partial charge on any atom is -0.205 e. The van der Waals surface area contributed by atoms with Gasteiger partial charge in [0.25, 0.3) is 0 Å². The fourth-order valence-electron chi connectivity index (χ4n) is 1.99. The maximum Gasteiger partial charge on any atom is 0.171 e. The topological polar surface area (TPSA) is 3.88 Å². The molecule has 0 aliphatic carbocycles. The summed E-state index contributed by atoms with van der Waals surface area (Å²) in [7, 11) is 0. The number of aromatic nitrogens is 1. The number of nitrogens with zero attached hydrogens (tertiary/aromatic N) is 1. The monoisotopic (exact) mass is 220 g/mol. The van der Waals surface area contributed by atoms with E-state index in [0.29, 0.717) is 0 Å². The summed E-state index contributed by atoms with van der Waals surface area (Å²) in [6.45, 7) is 7.82. The lowest BCUT2D eigenvalue weighted by atomic mass is 10.1. The summed E-state index contributed by atoms with van der Waals surface area (Å²) in [5.41, 5.74) is 3.02. The van der Waals surface area contributed by atoms with Crippen LogP contribution in [0, 0.1) is 0 Å². The molecule has 0 saturated carbocycles. The first-order valence-electron chi connectivity index (χ1n) is 6.82. The second kappa shape index (κ2) is 7.43. The number of aryl methyl sites for hydroxylation is 3. The molecule has 0 aliphatic rings. The summed E-state index contributed by atoms with van der Waals surface area (Å²) < 4.78 is 2.33. The molecule has 0 saturated heterocycles. The molecule has 0 fully saturated rings. The average molecular weight is 220 g/mol. The molecule has 0 aliphatic heterocycles. The highest BCUT2D eigenvalue weighted by atomic mass is 14.9. The smallest absolute Gasteiger partial charge is 0.171 e. The van der Waals surface area contributed by atoms with Crippen LogP contribution in [0.15, 0.2) is 18.5 Å². The van der Waals surface area contributed by atoms with E-state index in [1.54, 1.807) is 0 Å². The van der Waals surface area contributed by atoms with Crippen molar-refractivity contribution in [2.45, 2.75) is 65.8 Å². The molecule has 0 radical (unpaired) electrons. The molecule has 90 valence electrons. The van der Waals surface area contributed by atoms with E-state index < -0.39 is 0 Å². The Balaban J connectivity index is 2.74. The van der Waals surface area contributed by atoms with Crippen molar-refractivity contribution >= 4 is 0 Å². The predicted octanol–water partition coefficient (Wildman–Crippen LogP) is 3.68. The van der Waals surface area contributed by atoms with Gasteiger partial charge in [0.1, 0.15) is 6.54 Å². The van der Waals surface area contributed by atoms with Crippen LogP contribution >= 0.6 is 0 Å². The van der Waals surface area contributed by atoms with Crippen LogP contribution in [-0.4, -0.2) is 0 Å². The van der Waals surface area contributed by atoms with Crippen molar-refractivity contribution in [3.05, 3.63) is 29.6 Å². The Bertz CT molecular complexity index is 278. The largest absolute Gasteiger partial charge is 0.205 e. The van der Waals surface area contributed by atoms with Gasteiger partial charge in [-0.2, -0.15) is 0 Å². The van der Waals surface area contributed by atoms with E-state index in [2.05, 4.69) is 43.8 Å². The van der Waals surface area contributed by atoms with E-state index in [0.717, 1.165) is 6.54 Å². The van der Waals surface area contributed by atoms with E-state index in [1.165, 1.54) is 49.7 Å². The van der Waals surface area contributed by atoms with Crippen molar-refractivity contribution in [2.24, 2.45) is 0 Å². The third kappa shape index (κ3) is 4.34. The van der Waals surface area contributed by atoms with Crippen LogP contribution < -0.4 is 4.57 Å². The highest BCUT2D eigenvalue weighted by Crippen LogP contribution is 2.08. The molecule has 1 nitrogen and oxygen atoms in total. The van der Waals surface area contributed by atoms with Gasteiger partial charge in [-0.15, -0.1) is 0 Å². The standard InChI is InChI=1S/C15H26N/c1-4-7-9-14-11-15(10-8-5-2)13-16(6-3)12-14/h11-13H,4-10H2,1-3H3/q+1. The van der Waals surface area contributed by atoms with E-state index >= 15 is 0 Å². The molecule has 0 N–H and O–H groups in total. The number of pyridine rings is 1. The molecule has 0 amide bonds. The molecule has 1 heterocycles. The summed E-state index contributed by atoms with van der Waals surface area (Å²) in [6.07, 6.45) is 12.3. The van der Waals surface area contributed by atoms with E-state index in [1.807, 2.05) is 0 Å². The maximum atomic E-state index is 2.40. The first-order chi connectivity index (χ1) is 7.80. The molecule has 1 rings (SSSR count). The summed E-state index contributed by atoms with van der Waals surface area (Å²) in [5, 5.41) is 0. The molecule has 0 atom stereocenters. The van der Waals surface area contributed by atoms with Crippen LogP contribution in [0.4, 0.5) is 0 Å². The minimum atomic E-state index is 1.08. The molecular weight excluding hydrogens is 194 g/mol. The summed E-state index contributed by atoms with van der Waals surface area (Å²) >= 11 is 0. The van der Waals surface area contributed by atoms with Crippen molar-refractivity contribution in [1.29, 1.82) is 0 Å². The third-order valence-electron chi connectivity index (χ3n) is 3.04. The summed E-state index contributed by atoms with van der Waals surface area (Å²) in [4.78, 5) is 0. The Hall–Kier alpha value is -0.850. The zero-order valence-electron chi connectivity index (χ0n) is 11.1. The molecule has 0 bridgehead atoms. The van der Waals surface area contributed by atoms with Crippen molar-refractivity contribution in [2.75, 3.05) is 0 Å². The minimum absolute atomic E-state index is 1.08. The van der Waals surface area contributed by atoms with Gasteiger partial charge in [0.15, 0.2) is 12.4 Å². The van der Waals surface area contributed by atoms with Crippen LogP contribution in [0.25, 0.3) is 0 Å². The number of unbranched alkanes of at least 4 members (excludes halogenated alkanes) is 2. The van der Waals surface area contributed by atoms with Crippen LogP contribution in [0.2, 0.25) is 0 Å². The zero-order chi connectivity index (χ0) is 11.8. The van der Waals surface area contributed by atoms with E-state index in [-0.39, 0.29) is 0 Å². The molecule has 0 aromatic carbocycles. The summed E-state index contributed by atoms with van der Waals surface area (Å²) in [6, 6.07) is 2.40. The Morgan fingerprint density at radius 2 is 1.38 bits per heavy atom. The number of rotatable bonds is 7. The second-order valence-corrected chi connectivity index (χ2v) is 4.59.